The molecule has 0 spiro atoms. The Morgan fingerprint density at radius 1 is 1.00 bits per heavy atom. The van der Waals surface area contributed by atoms with Gasteiger partial charge in [0.05, 0.1) is 6.20 Å². The number of hydrogen-bond acceptors (Lipinski definition) is 6. The highest BCUT2D eigenvalue weighted by molar-refractivity contribution is 6.08. The van der Waals surface area contributed by atoms with Gasteiger partial charge in [0.1, 0.15) is 17.1 Å². The SMILES string of the molecule is Cc1cc2ncc(C(=O)c3ccc(NC(=O)Nc4cc(C(C)(C)C)on4)cc3)n2cc1-c1cccnc1. The minimum atomic E-state index is -0.465. The van der Waals surface area contributed by atoms with E-state index in [1.807, 2.05) is 52.1 Å². The van der Waals surface area contributed by atoms with Crippen LogP contribution in [-0.4, -0.2) is 31.3 Å². The summed E-state index contributed by atoms with van der Waals surface area (Å²) >= 11 is 0. The number of anilines is 2. The van der Waals surface area contributed by atoms with Crippen molar-refractivity contribution >= 4 is 29.0 Å². The molecule has 0 aliphatic carbocycles. The van der Waals surface area contributed by atoms with Crippen LogP contribution in [0, 0.1) is 6.92 Å². The van der Waals surface area contributed by atoms with Crippen molar-refractivity contribution in [3.05, 3.63) is 95.9 Å². The zero-order chi connectivity index (χ0) is 26.2. The number of carbonyl (C=O) groups is 2. The number of ketones is 1. The molecule has 0 saturated heterocycles. The monoisotopic (exact) mass is 494 g/mol. The van der Waals surface area contributed by atoms with Gasteiger partial charge in [-0.1, -0.05) is 32.0 Å². The predicted octanol–water partition coefficient (Wildman–Crippen LogP) is 5.87. The van der Waals surface area contributed by atoms with E-state index in [4.69, 9.17) is 4.52 Å². The van der Waals surface area contributed by atoms with E-state index in [9.17, 15) is 9.59 Å². The summed E-state index contributed by atoms with van der Waals surface area (Å²) in [6, 6.07) is 13.7. The van der Waals surface area contributed by atoms with E-state index in [1.165, 1.54) is 0 Å². The molecular formula is C28H26N6O3. The Morgan fingerprint density at radius 2 is 1.78 bits per heavy atom. The summed E-state index contributed by atoms with van der Waals surface area (Å²) in [7, 11) is 0. The molecule has 2 N–H and O–H groups in total. The molecule has 0 aliphatic rings. The lowest BCUT2D eigenvalue weighted by molar-refractivity contribution is 0.103. The Kier molecular flexibility index (Phi) is 6.04. The first-order valence-corrected chi connectivity index (χ1v) is 11.8. The Labute approximate surface area is 213 Å². The van der Waals surface area contributed by atoms with Crippen molar-refractivity contribution in [1.29, 1.82) is 0 Å². The summed E-state index contributed by atoms with van der Waals surface area (Å²) in [5, 5.41) is 9.26. The number of amides is 2. The summed E-state index contributed by atoms with van der Waals surface area (Å²) in [6.07, 6.45) is 7.01. The molecule has 0 bridgehead atoms. The Balaban J connectivity index is 1.32. The van der Waals surface area contributed by atoms with Crippen molar-refractivity contribution in [2.75, 3.05) is 10.6 Å². The Morgan fingerprint density at radius 3 is 2.46 bits per heavy atom. The number of aryl methyl sites for hydroxylation is 1. The van der Waals surface area contributed by atoms with Crippen LogP contribution in [-0.2, 0) is 5.41 Å². The van der Waals surface area contributed by atoms with Gasteiger partial charge in [-0.25, -0.2) is 9.78 Å². The van der Waals surface area contributed by atoms with E-state index in [1.54, 1.807) is 53.3 Å². The number of urea groups is 1. The fraction of sp³-hybridized carbons (Fsp3) is 0.179. The second-order valence-electron chi connectivity index (χ2n) is 9.80. The van der Waals surface area contributed by atoms with E-state index >= 15 is 0 Å². The molecule has 2 amide bonds. The van der Waals surface area contributed by atoms with Crippen LogP contribution < -0.4 is 10.6 Å². The van der Waals surface area contributed by atoms with Crippen LogP contribution in [0.3, 0.4) is 0 Å². The van der Waals surface area contributed by atoms with Crippen LogP contribution >= 0.6 is 0 Å². The first-order chi connectivity index (χ1) is 17.7. The number of hydrogen-bond donors (Lipinski definition) is 2. The molecule has 0 unspecified atom stereocenters. The number of aromatic nitrogens is 4. The van der Waals surface area contributed by atoms with Gasteiger partial charge < -0.3 is 9.84 Å². The number of pyridine rings is 2. The molecule has 186 valence electrons. The molecule has 4 aromatic heterocycles. The fourth-order valence-corrected chi connectivity index (χ4v) is 3.93. The van der Waals surface area contributed by atoms with Crippen molar-refractivity contribution in [3.63, 3.8) is 0 Å². The largest absolute Gasteiger partial charge is 0.359 e. The predicted molar refractivity (Wildman–Crippen MR) is 141 cm³/mol. The maximum atomic E-state index is 13.3. The van der Waals surface area contributed by atoms with Gasteiger partial charge in [0.15, 0.2) is 5.82 Å². The van der Waals surface area contributed by atoms with Gasteiger partial charge >= 0.3 is 6.03 Å². The number of benzene rings is 1. The molecule has 9 heteroatoms. The van der Waals surface area contributed by atoms with Gasteiger partial charge in [-0.05, 0) is 48.9 Å². The van der Waals surface area contributed by atoms with Gasteiger partial charge in [-0.3, -0.25) is 19.5 Å². The highest BCUT2D eigenvalue weighted by atomic mass is 16.5. The standard InChI is InChI=1S/C28H26N6O3/c1-17-12-25-30-15-22(34(25)16-21(17)19-6-5-11-29-14-19)26(35)18-7-9-20(10-8-18)31-27(36)32-24-13-23(37-33-24)28(2,3)4/h5-16H,1-4H3,(H2,31,32,33,36). The van der Waals surface area contributed by atoms with Crippen molar-refractivity contribution in [3.8, 4) is 11.1 Å². The zero-order valence-electron chi connectivity index (χ0n) is 20.9. The average molecular weight is 495 g/mol. The second-order valence-corrected chi connectivity index (χ2v) is 9.80. The van der Waals surface area contributed by atoms with Crippen LogP contribution in [0.25, 0.3) is 16.8 Å². The third-order valence-electron chi connectivity index (χ3n) is 5.96. The van der Waals surface area contributed by atoms with E-state index in [0.717, 1.165) is 16.7 Å². The minimum Gasteiger partial charge on any atom is -0.359 e. The number of nitrogens with one attached hydrogen (secondary N) is 2. The number of rotatable bonds is 5. The quantitative estimate of drug-likeness (QED) is 0.296. The molecule has 5 aromatic rings. The summed E-state index contributed by atoms with van der Waals surface area (Å²) in [5.74, 6) is 0.810. The third-order valence-corrected chi connectivity index (χ3v) is 5.96. The summed E-state index contributed by atoms with van der Waals surface area (Å²) < 4.78 is 7.08. The topological polar surface area (TPSA) is 114 Å². The molecule has 5 rings (SSSR count). The summed E-state index contributed by atoms with van der Waals surface area (Å²) in [4.78, 5) is 34.3. The highest BCUT2D eigenvalue weighted by Gasteiger charge is 2.20. The molecular weight excluding hydrogens is 468 g/mol. The van der Waals surface area contributed by atoms with E-state index < -0.39 is 6.03 Å². The van der Waals surface area contributed by atoms with Crippen LogP contribution in [0.4, 0.5) is 16.3 Å². The van der Waals surface area contributed by atoms with Crippen molar-refractivity contribution in [2.45, 2.75) is 33.1 Å². The lowest BCUT2D eigenvalue weighted by atomic mass is 9.93. The van der Waals surface area contributed by atoms with Crippen LogP contribution in [0.1, 0.15) is 48.1 Å². The summed E-state index contributed by atoms with van der Waals surface area (Å²) in [5.41, 5.74) is 4.89. The van der Waals surface area contributed by atoms with Gasteiger partial charge in [0.25, 0.3) is 0 Å². The Bertz CT molecular complexity index is 1600. The molecule has 4 heterocycles. The van der Waals surface area contributed by atoms with E-state index in [0.29, 0.717) is 34.2 Å². The number of nitrogens with zero attached hydrogens (tertiary/aromatic N) is 4. The lowest BCUT2D eigenvalue weighted by Crippen LogP contribution is -2.19. The second kappa shape index (κ2) is 9.34. The number of carbonyl (C=O) groups excluding carboxylic acids is 2. The van der Waals surface area contributed by atoms with Gasteiger partial charge in [-0.15, -0.1) is 0 Å². The van der Waals surface area contributed by atoms with Crippen LogP contribution in [0.15, 0.2) is 77.8 Å². The molecule has 0 aliphatic heterocycles. The molecule has 9 nitrogen and oxygen atoms in total. The summed E-state index contributed by atoms with van der Waals surface area (Å²) in [6.45, 7) is 7.99. The first-order valence-electron chi connectivity index (χ1n) is 11.8. The van der Waals surface area contributed by atoms with E-state index in [-0.39, 0.29) is 11.2 Å². The molecule has 1 aromatic carbocycles. The maximum Gasteiger partial charge on any atom is 0.324 e. The van der Waals surface area contributed by atoms with Crippen LogP contribution in [0.2, 0.25) is 0 Å². The van der Waals surface area contributed by atoms with Gasteiger partial charge in [-0.2, -0.15) is 0 Å². The zero-order valence-corrected chi connectivity index (χ0v) is 20.9. The highest BCUT2D eigenvalue weighted by Crippen LogP contribution is 2.26. The number of fused-ring (bicyclic) bond motifs is 1. The van der Waals surface area contributed by atoms with Crippen LogP contribution in [0.5, 0.6) is 0 Å². The van der Waals surface area contributed by atoms with Crippen molar-refractivity contribution in [1.82, 2.24) is 19.5 Å². The minimum absolute atomic E-state index is 0.179. The average Bonchev–Trinajstić information content (AvgIpc) is 3.51. The molecule has 0 atom stereocenters. The van der Waals surface area contributed by atoms with Crippen molar-refractivity contribution < 1.29 is 14.1 Å². The lowest BCUT2D eigenvalue weighted by Gasteiger charge is -2.12. The van der Waals surface area contributed by atoms with E-state index in [2.05, 4.69) is 25.8 Å². The molecule has 0 fully saturated rings. The molecule has 0 saturated carbocycles. The Hall–Kier alpha value is -4.79. The normalized spacial score (nSPS) is 11.5. The maximum absolute atomic E-state index is 13.3. The fourth-order valence-electron chi connectivity index (χ4n) is 3.93. The molecule has 37 heavy (non-hydrogen) atoms. The molecule has 0 radical (unpaired) electrons. The first kappa shape index (κ1) is 23.9. The third kappa shape index (κ3) is 4.97. The van der Waals surface area contributed by atoms with Gasteiger partial charge in [0.2, 0.25) is 5.78 Å². The number of imidazole rings is 1. The van der Waals surface area contributed by atoms with Gasteiger partial charge in [0, 0.05) is 52.4 Å². The smallest absolute Gasteiger partial charge is 0.324 e. The van der Waals surface area contributed by atoms with Crippen molar-refractivity contribution in [2.24, 2.45) is 0 Å².